The number of aromatic hydroxyl groups is 1. The van der Waals surface area contributed by atoms with Crippen LogP contribution < -0.4 is 0 Å². The highest BCUT2D eigenvalue weighted by molar-refractivity contribution is 6.25. The molecule has 0 aliphatic carbocycles. The van der Waals surface area contributed by atoms with Crippen molar-refractivity contribution in [3.05, 3.63) is 90.6 Å². The largest absolute Gasteiger partial charge is 0.508 e. The average molecular weight is 447 g/mol. The molecule has 166 valence electrons. The third-order valence-corrected chi connectivity index (χ3v) is 6.47. The number of methoxy groups -OCH3 is 1. The maximum absolute atomic E-state index is 12.6. The minimum absolute atomic E-state index is 0.176. The molecule has 0 saturated heterocycles. The van der Waals surface area contributed by atoms with E-state index in [1.807, 2.05) is 0 Å². The molecule has 6 aromatic rings. The molecule has 1 N–H and O–H groups in total. The predicted molar refractivity (Wildman–Crippen MR) is 132 cm³/mol. The maximum atomic E-state index is 12.6. The molecule has 6 heteroatoms. The van der Waals surface area contributed by atoms with Crippen LogP contribution in [0.25, 0.3) is 43.6 Å². The third kappa shape index (κ3) is 3.23. The number of phenolic OH excluding ortho intramolecular Hbond substituents is 1. The number of hydrogen-bond acceptors (Lipinski definition) is 5. The lowest BCUT2D eigenvalue weighted by molar-refractivity contribution is -0.144. The van der Waals surface area contributed by atoms with Gasteiger partial charge < -0.3 is 9.84 Å². The highest BCUT2D eigenvalue weighted by Gasteiger charge is 2.24. The van der Waals surface area contributed by atoms with E-state index < -0.39 is 12.0 Å². The number of benzene rings is 5. The zero-order valence-electron chi connectivity index (χ0n) is 18.5. The van der Waals surface area contributed by atoms with Crippen molar-refractivity contribution in [3.63, 3.8) is 0 Å². The van der Waals surface area contributed by atoms with Crippen LogP contribution in [0.1, 0.15) is 11.6 Å². The minimum atomic E-state index is -0.671. The number of ether oxygens (including phenoxy) is 1. The standard InChI is InChI=1S/C28H21N3O3/c1-34-28(33)25(15-17-5-11-21(32)12-6-17)31-16-24(29-30-31)22-13-9-20-8-7-18-3-2-4-19-10-14-23(22)27(20)26(18)19/h2-14,16,25,32H,15H2,1H3/t25-/m0/s1. The molecule has 6 nitrogen and oxygen atoms in total. The maximum Gasteiger partial charge on any atom is 0.331 e. The summed E-state index contributed by atoms with van der Waals surface area (Å²) in [7, 11) is 1.37. The van der Waals surface area contributed by atoms with Gasteiger partial charge in [-0.2, -0.15) is 0 Å². The number of hydrogen-bond donors (Lipinski definition) is 1. The lowest BCUT2D eigenvalue weighted by atomic mass is 9.91. The smallest absolute Gasteiger partial charge is 0.331 e. The van der Waals surface area contributed by atoms with Crippen molar-refractivity contribution >= 4 is 38.3 Å². The van der Waals surface area contributed by atoms with Gasteiger partial charge in [-0.1, -0.05) is 71.9 Å². The van der Waals surface area contributed by atoms with E-state index in [0.29, 0.717) is 12.1 Å². The van der Waals surface area contributed by atoms with Crippen LogP contribution in [0.4, 0.5) is 0 Å². The van der Waals surface area contributed by atoms with Gasteiger partial charge in [0.25, 0.3) is 0 Å². The lowest BCUT2D eigenvalue weighted by Gasteiger charge is -2.15. The van der Waals surface area contributed by atoms with Crippen molar-refractivity contribution in [1.82, 2.24) is 15.0 Å². The quantitative estimate of drug-likeness (QED) is 0.279. The van der Waals surface area contributed by atoms with Crippen molar-refractivity contribution < 1.29 is 14.6 Å². The average Bonchev–Trinajstić information content (AvgIpc) is 3.36. The van der Waals surface area contributed by atoms with Crippen LogP contribution in [0.15, 0.2) is 85.1 Å². The Balaban J connectivity index is 1.45. The molecular formula is C28H21N3O3. The van der Waals surface area contributed by atoms with Crippen LogP contribution in [0, 0.1) is 0 Å². The summed E-state index contributed by atoms with van der Waals surface area (Å²) in [5, 5.41) is 25.4. The predicted octanol–water partition coefficient (Wildman–Crippen LogP) is 5.50. The van der Waals surface area contributed by atoms with Crippen LogP contribution in [-0.2, 0) is 16.0 Å². The van der Waals surface area contributed by atoms with Gasteiger partial charge in [0.1, 0.15) is 11.4 Å². The summed E-state index contributed by atoms with van der Waals surface area (Å²) in [6.45, 7) is 0. The molecule has 0 radical (unpaired) electrons. The summed E-state index contributed by atoms with van der Waals surface area (Å²) >= 11 is 0. The Morgan fingerprint density at radius 3 is 2.32 bits per heavy atom. The Morgan fingerprint density at radius 1 is 0.912 bits per heavy atom. The second-order valence-corrected chi connectivity index (χ2v) is 8.46. The second-order valence-electron chi connectivity index (χ2n) is 8.46. The van der Waals surface area contributed by atoms with Crippen LogP contribution in [0.2, 0.25) is 0 Å². The number of carbonyl (C=O) groups is 1. The van der Waals surface area contributed by atoms with Gasteiger partial charge in [-0.15, -0.1) is 5.10 Å². The molecule has 0 unspecified atom stereocenters. The normalized spacial score (nSPS) is 12.5. The lowest BCUT2D eigenvalue weighted by Crippen LogP contribution is -2.23. The molecule has 6 rings (SSSR count). The van der Waals surface area contributed by atoms with Gasteiger partial charge in [-0.05, 0) is 50.0 Å². The third-order valence-electron chi connectivity index (χ3n) is 6.47. The van der Waals surface area contributed by atoms with E-state index in [1.54, 1.807) is 35.1 Å². The van der Waals surface area contributed by atoms with Crippen LogP contribution in [0.5, 0.6) is 5.75 Å². The Kier molecular flexibility index (Phi) is 4.66. The number of esters is 1. The first-order valence-corrected chi connectivity index (χ1v) is 11.1. The molecule has 34 heavy (non-hydrogen) atoms. The molecule has 0 spiro atoms. The number of rotatable bonds is 5. The fourth-order valence-corrected chi connectivity index (χ4v) is 4.79. The summed E-state index contributed by atoms with van der Waals surface area (Å²) in [5.41, 5.74) is 2.54. The Morgan fingerprint density at radius 2 is 1.59 bits per heavy atom. The van der Waals surface area contributed by atoms with Crippen molar-refractivity contribution in [2.75, 3.05) is 7.11 Å². The first kappa shape index (κ1) is 20.2. The van der Waals surface area contributed by atoms with E-state index >= 15 is 0 Å². The second kappa shape index (κ2) is 7.85. The number of phenols is 1. The first-order valence-electron chi connectivity index (χ1n) is 11.1. The van der Waals surface area contributed by atoms with Crippen LogP contribution in [0.3, 0.4) is 0 Å². The highest BCUT2D eigenvalue weighted by atomic mass is 16.5. The molecule has 5 aromatic carbocycles. The summed E-state index contributed by atoms with van der Waals surface area (Å²) in [6.07, 6.45) is 2.17. The highest BCUT2D eigenvalue weighted by Crippen LogP contribution is 2.38. The molecule has 1 aromatic heterocycles. The zero-order chi connectivity index (χ0) is 23.2. The Labute approximate surface area is 195 Å². The van der Waals surface area contributed by atoms with Crippen molar-refractivity contribution in [2.24, 2.45) is 0 Å². The van der Waals surface area contributed by atoms with Gasteiger partial charge in [0.05, 0.1) is 13.3 Å². The molecule has 0 aliphatic rings. The van der Waals surface area contributed by atoms with E-state index in [-0.39, 0.29) is 5.75 Å². The molecule has 0 aliphatic heterocycles. The van der Waals surface area contributed by atoms with Gasteiger partial charge in [-0.25, -0.2) is 9.48 Å². The summed E-state index contributed by atoms with van der Waals surface area (Å²) in [5.74, 6) is -0.227. The van der Waals surface area contributed by atoms with Gasteiger partial charge in [0.2, 0.25) is 0 Å². The topological polar surface area (TPSA) is 77.2 Å². The molecule has 1 heterocycles. The number of carbonyl (C=O) groups excluding carboxylic acids is 1. The summed E-state index contributed by atoms with van der Waals surface area (Å²) < 4.78 is 6.61. The molecule has 0 amide bonds. The van der Waals surface area contributed by atoms with Crippen molar-refractivity contribution in [1.29, 1.82) is 0 Å². The van der Waals surface area contributed by atoms with Crippen LogP contribution in [-0.4, -0.2) is 33.2 Å². The molecule has 0 bridgehead atoms. The van der Waals surface area contributed by atoms with E-state index in [2.05, 4.69) is 64.9 Å². The number of nitrogens with zero attached hydrogens (tertiary/aromatic N) is 3. The van der Waals surface area contributed by atoms with Crippen molar-refractivity contribution in [2.45, 2.75) is 12.5 Å². The van der Waals surface area contributed by atoms with E-state index in [4.69, 9.17) is 4.74 Å². The summed E-state index contributed by atoms with van der Waals surface area (Å²) in [6, 6.07) is 25.2. The molecule has 1 atom stereocenters. The van der Waals surface area contributed by atoms with Crippen LogP contribution >= 0.6 is 0 Å². The Hall–Kier alpha value is -4.45. The molecule has 0 saturated carbocycles. The van der Waals surface area contributed by atoms with E-state index in [1.165, 1.54) is 34.0 Å². The summed E-state index contributed by atoms with van der Waals surface area (Å²) in [4.78, 5) is 12.6. The van der Waals surface area contributed by atoms with E-state index in [0.717, 1.165) is 16.5 Å². The van der Waals surface area contributed by atoms with Gasteiger partial charge in [0.15, 0.2) is 6.04 Å². The minimum Gasteiger partial charge on any atom is -0.508 e. The van der Waals surface area contributed by atoms with E-state index in [9.17, 15) is 9.90 Å². The van der Waals surface area contributed by atoms with Gasteiger partial charge >= 0.3 is 5.97 Å². The van der Waals surface area contributed by atoms with Gasteiger partial charge in [0, 0.05) is 12.0 Å². The number of aromatic nitrogens is 3. The monoisotopic (exact) mass is 447 g/mol. The first-order chi connectivity index (χ1) is 16.6. The fraction of sp³-hybridized carbons (Fsp3) is 0.107. The SMILES string of the molecule is COC(=O)[C@H](Cc1ccc(O)cc1)n1cc(-c2ccc3ccc4cccc5ccc2c3c45)nn1. The zero-order valence-corrected chi connectivity index (χ0v) is 18.5. The molecular weight excluding hydrogens is 426 g/mol. The molecule has 0 fully saturated rings. The Bertz CT molecular complexity index is 1640. The van der Waals surface area contributed by atoms with Gasteiger partial charge in [-0.3, -0.25) is 0 Å². The fourth-order valence-electron chi connectivity index (χ4n) is 4.79. The van der Waals surface area contributed by atoms with Crippen molar-refractivity contribution in [3.8, 4) is 17.0 Å².